The molecule has 2 aliphatic rings. The third-order valence-electron chi connectivity index (χ3n) is 4.42. The maximum atomic E-state index is 12.1. The zero-order valence-electron chi connectivity index (χ0n) is 13.3. The minimum Gasteiger partial charge on any atom is -0.481 e. The van der Waals surface area contributed by atoms with Crippen LogP contribution in [-0.4, -0.2) is 41.4 Å². The molecule has 0 bridgehead atoms. The van der Waals surface area contributed by atoms with Crippen LogP contribution >= 0.6 is 0 Å². The molecule has 0 aromatic heterocycles. The maximum absolute atomic E-state index is 12.1. The molecule has 0 spiro atoms. The average molecular weight is 313 g/mol. The molecule has 0 aliphatic heterocycles. The monoisotopic (exact) mass is 313 g/mol. The molecule has 2 aliphatic carbocycles. The van der Waals surface area contributed by atoms with Crippen molar-refractivity contribution in [1.29, 1.82) is 0 Å². The highest BCUT2D eigenvalue weighted by Gasteiger charge is 2.69. The van der Waals surface area contributed by atoms with E-state index in [1.165, 1.54) is 7.11 Å². The predicted octanol–water partition coefficient (Wildman–Crippen LogP) is 1.55. The lowest BCUT2D eigenvalue weighted by molar-refractivity contribution is -0.144. The second kappa shape index (κ2) is 5.44. The van der Waals surface area contributed by atoms with Crippen molar-refractivity contribution in [2.75, 3.05) is 7.11 Å². The van der Waals surface area contributed by atoms with Gasteiger partial charge in [-0.05, 0) is 45.4 Å². The largest absolute Gasteiger partial charge is 0.481 e. The normalized spacial score (nSPS) is 32.8. The Morgan fingerprint density at radius 2 is 1.95 bits per heavy atom. The van der Waals surface area contributed by atoms with Crippen molar-refractivity contribution < 1.29 is 29.0 Å². The molecule has 2 saturated carbocycles. The van der Waals surface area contributed by atoms with Crippen LogP contribution in [0.3, 0.4) is 0 Å². The van der Waals surface area contributed by atoms with Crippen LogP contribution in [0.2, 0.25) is 0 Å². The first-order valence-corrected chi connectivity index (χ1v) is 7.40. The molecule has 2 N–H and O–H groups in total. The molecular formula is C15H23NO6. The Kier molecular flexibility index (Phi) is 4.10. The first-order chi connectivity index (χ1) is 10.1. The van der Waals surface area contributed by atoms with Gasteiger partial charge in [-0.15, -0.1) is 0 Å². The van der Waals surface area contributed by atoms with Gasteiger partial charge in [-0.3, -0.25) is 9.59 Å². The summed E-state index contributed by atoms with van der Waals surface area (Å²) in [5.74, 6) is -1.78. The Labute approximate surface area is 129 Å². The number of esters is 1. The van der Waals surface area contributed by atoms with E-state index in [9.17, 15) is 19.5 Å². The number of carboxylic acids is 1. The van der Waals surface area contributed by atoms with E-state index < -0.39 is 23.2 Å². The van der Waals surface area contributed by atoms with Crippen LogP contribution in [-0.2, 0) is 19.1 Å². The number of aliphatic carboxylic acids is 1. The molecule has 0 heterocycles. The van der Waals surface area contributed by atoms with Crippen molar-refractivity contribution >= 4 is 18.0 Å². The van der Waals surface area contributed by atoms with Crippen LogP contribution in [0.5, 0.6) is 0 Å². The van der Waals surface area contributed by atoms with E-state index in [-0.39, 0.29) is 30.1 Å². The van der Waals surface area contributed by atoms with Gasteiger partial charge in [0.05, 0.1) is 25.0 Å². The summed E-state index contributed by atoms with van der Waals surface area (Å²) in [6.07, 6.45) is 0.361. The van der Waals surface area contributed by atoms with E-state index in [2.05, 4.69) is 5.32 Å². The summed E-state index contributed by atoms with van der Waals surface area (Å²) in [7, 11) is 1.32. The fourth-order valence-electron chi connectivity index (χ4n) is 3.71. The molecule has 4 atom stereocenters. The highest BCUT2D eigenvalue weighted by atomic mass is 16.6. The van der Waals surface area contributed by atoms with Crippen molar-refractivity contribution in [3.05, 3.63) is 0 Å². The lowest BCUT2D eigenvalue weighted by atomic mass is 9.87. The fraction of sp³-hybridized carbons (Fsp3) is 0.800. The molecule has 7 nitrogen and oxygen atoms in total. The number of rotatable bonds is 4. The van der Waals surface area contributed by atoms with Crippen LogP contribution in [0.25, 0.3) is 0 Å². The number of fused-ring (bicyclic) bond motifs is 1. The van der Waals surface area contributed by atoms with Gasteiger partial charge in [0.25, 0.3) is 0 Å². The van der Waals surface area contributed by atoms with Gasteiger partial charge in [-0.2, -0.15) is 0 Å². The van der Waals surface area contributed by atoms with Gasteiger partial charge in [0.1, 0.15) is 5.60 Å². The minimum atomic E-state index is -1.01. The lowest BCUT2D eigenvalue weighted by Gasteiger charge is -2.33. The minimum absolute atomic E-state index is 0.0849. The van der Waals surface area contributed by atoms with Crippen molar-refractivity contribution in [3.63, 3.8) is 0 Å². The maximum Gasteiger partial charge on any atom is 0.408 e. The van der Waals surface area contributed by atoms with E-state index >= 15 is 0 Å². The number of nitrogens with one attached hydrogen (secondary N) is 1. The van der Waals surface area contributed by atoms with E-state index in [1.54, 1.807) is 20.8 Å². The third-order valence-corrected chi connectivity index (χ3v) is 4.42. The Balaban J connectivity index is 2.14. The second-order valence-electron chi connectivity index (χ2n) is 7.13. The molecule has 0 aromatic carbocycles. The van der Waals surface area contributed by atoms with Crippen molar-refractivity contribution in [1.82, 2.24) is 5.32 Å². The van der Waals surface area contributed by atoms with Gasteiger partial charge < -0.3 is 19.9 Å². The SMILES string of the molecule is COC(=O)[C@H]1[C@@H]2CC[C@](CC(=O)O)(NC(=O)OC(C)(C)C)[C@@H]21. The Morgan fingerprint density at radius 1 is 1.32 bits per heavy atom. The molecule has 0 radical (unpaired) electrons. The number of amides is 1. The molecule has 2 fully saturated rings. The third kappa shape index (κ3) is 3.18. The number of hydrogen-bond acceptors (Lipinski definition) is 5. The predicted molar refractivity (Wildman–Crippen MR) is 76.1 cm³/mol. The molecule has 1 amide bonds. The summed E-state index contributed by atoms with van der Waals surface area (Å²) >= 11 is 0. The number of carbonyl (C=O) groups excluding carboxylic acids is 2. The summed E-state index contributed by atoms with van der Waals surface area (Å²) in [4.78, 5) is 35.1. The molecule has 2 rings (SSSR count). The summed E-state index contributed by atoms with van der Waals surface area (Å²) in [6, 6.07) is 0. The number of hydrogen-bond donors (Lipinski definition) is 2. The molecule has 0 unspecified atom stereocenters. The van der Waals surface area contributed by atoms with Crippen molar-refractivity contribution in [2.45, 2.75) is 51.2 Å². The van der Waals surface area contributed by atoms with Gasteiger partial charge in [-0.1, -0.05) is 0 Å². The first kappa shape index (κ1) is 16.6. The van der Waals surface area contributed by atoms with Gasteiger partial charge in [0.2, 0.25) is 0 Å². The summed E-state index contributed by atoms with van der Waals surface area (Å²) < 4.78 is 10.0. The number of carboxylic acid groups (broad SMARTS) is 1. The molecule has 0 saturated heterocycles. The number of ether oxygens (including phenoxy) is 2. The van der Waals surface area contributed by atoms with Crippen LogP contribution < -0.4 is 5.32 Å². The second-order valence-corrected chi connectivity index (χ2v) is 7.13. The average Bonchev–Trinajstić information content (AvgIpc) is 2.98. The van der Waals surface area contributed by atoms with E-state index in [4.69, 9.17) is 9.47 Å². The van der Waals surface area contributed by atoms with Gasteiger partial charge in [-0.25, -0.2) is 4.79 Å². The number of methoxy groups -OCH3 is 1. The number of alkyl carbamates (subject to hydrolysis) is 1. The molecule has 0 aromatic rings. The summed E-state index contributed by atoms with van der Waals surface area (Å²) in [6.45, 7) is 5.22. The van der Waals surface area contributed by atoms with Crippen LogP contribution in [0, 0.1) is 17.8 Å². The van der Waals surface area contributed by atoms with Gasteiger partial charge in [0, 0.05) is 0 Å². The standard InChI is InChI=1S/C15H23NO6/c1-14(2,3)22-13(20)16-15(7-9(17)18)6-5-8-10(11(8)15)12(19)21-4/h8,10-11H,5-7H2,1-4H3,(H,16,20)(H,17,18)/t8-,10-,11-,15+/m0/s1. The van der Waals surface area contributed by atoms with Crippen LogP contribution in [0.1, 0.15) is 40.0 Å². The zero-order valence-corrected chi connectivity index (χ0v) is 13.3. The fourth-order valence-corrected chi connectivity index (χ4v) is 3.71. The van der Waals surface area contributed by atoms with Crippen molar-refractivity contribution in [3.8, 4) is 0 Å². The Morgan fingerprint density at radius 3 is 2.45 bits per heavy atom. The molecular weight excluding hydrogens is 290 g/mol. The lowest BCUT2D eigenvalue weighted by Crippen LogP contribution is -2.52. The van der Waals surface area contributed by atoms with Crippen molar-refractivity contribution in [2.24, 2.45) is 17.8 Å². The Hall–Kier alpha value is -1.79. The van der Waals surface area contributed by atoms with Gasteiger partial charge in [0.15, 0.2) is 0 Å². The molecule has 7 heteroatoms. The van der Waals surface area contributed by atoms with Crippen LogP contribution in [0.15, 0.2) is 0 Å². The molecule has 22 heavy (non-hydrogen) atoms. The summed E-state index contributed by atoms with van der Waals surface area (Å²) in [5, 5.41) is 11.9. The highest BCUT2D eigenvalue weighted by Crippen LogP contribution is 2.63. The quantitative estimate of drug-likeness (QED) is 0.764. The van der Waals surface area contributed by atoms with Gasteiger partial charge >= 0.3 is 18.0 Å². The first-order valence-electron chi connectivity index (χ1n) is 7.40. The van der Waals surface area contributed by atoms with E-state index in [0.717, 1.165) is 0 Å². The molecule has 124 valence electrons. The summed E-state index contributed by atoms with van der Waals surface area (Å²) in [5.41, 5.74) is -1.60. The Bertz CT molecular complexity index is 497. The smallest absolute Gasteiger partial charge is 0.408 e. The highest BCUT2D eigenvalue weighted by molar-refractivity contribution is 5.79. The topological polar surface area (TPSA) is 102 Å². The van der Waals surface area contributed by atoms with E-state index in [0.29, 0.717) is 12.8 Å². The van der Waals surface area contributed by atoms with E-state index in [1.807, 2.05) is 0 Å². The number of carbonyl (C=O) groups is 3. The van der Waals surface area contributed by atoms with Crippen LogP contribution in [0.4, 0.5) is 4.79 Å². The zero-order chi connectivity index (χ0) is 16.7.